The molecule has 0 aliphatic heterocycles. The van der Waals surface area contributed by atoms with Crippen molar-refractivity contribution in [2.45, 2.75) is 46.2 Å². The second-order valence-corrected chi connectivity index (χ2v) is 6.33. The Morgan fingerprint density at radius 1 is 1.08 bits per heavy atom. The summed E-state index contributed by atoms with van der Waals surface area (Å²) in [7, 11) is 0. The van der Waals surface area contributed by atoms with Gasteiger partial charge in [-0.05, 0) is 44.4 Å². The molecule has 0 aliphatic carbocycles. The fourth-order valence-electron chi connectivity index (χ4n) is 2.10. The van der Waals surface area contributed by atoms with E-state index in [1.54, 1.807) is 18.2 Å². The zero-order valence-electron chi connectivity index (χ0n) is 14.4. The largest absolute Gasteiger partial charge is 0.480 e. The molecule has 0 spiro atoms. The zero-order chi connectivity index (χ0) is 18.3. The minimum Gasteiger partial charge on any atom is -0.480 e. The standard InChI is InChI=1S/C17H25N3O4/c1-10(2)8-14(16(22)23)20-15(21)12-6-5-7-13(9-12)19-17(24)18-11(3)4/h5-7,9-11,14H,8H2,1-4H3,(H,20,21)(H,22,23)(H2,18,19,24)/t14-/m1/s1. The molecule has 0 saturated heterocycles. The number of carboxylic acid groups (broad SMARTS) is 1. The number of hydrogen-bond donors (Lipinski definition) is 4. The van der Waals surface area contributed by atoms with Gasteiger partial charge >= 0.3 is 12.0 Å². The lowest BCUT2D eigenvalue weighted by Crippen LogP contribution is -2.41. The van der Waals surface area contributed by atoms with Crippen LogP contribution in [0.1, 0.15) is 44.5 Å². The lowest BCUT2D eigenvalue weighted by atomic mass is 10.0. The van der Waals surface area contributed by atoms with Crippen molar-refractivity contribution in [3.05, 3.63) is 29.8 Å². The summed E-state index contributed by atoms with van der Waals surface area (Å²) < 4.78 is 0. The molecular formula is C17H25N3O4. The summed E-state index contributed by atoms with van der Waals surface area (Å²) in [6, 6.07) is 5.02. The first-order valence-electron chi connectivity index (χ1n) is 7.90. The van der Waals surface area contributed by atoms with Gasteiger partial charge in [-0.15, -0.1) is 0 Å². The van der Waals surface area contributed by atoms with E-state index in [4.69, 9.17) is 0 Å². The quantitative estimate of drug-likeness (QED) is 0.614. The second-order valence-electron chi connectivity index (χ2n) is 6.33. The molecular weight excluding hydrogens is 310 g/mol. The lowest BCUT2D eigenvalue weighted by Gasteiger charge is -2.17. The Morgan fingerprint density at radius 3 is 2.29 bits per heavy atom. The summed E-state index contributed by atoms with van der Waals surface area (Å²) in [6.07, 6.45) is 0.343. The Bertz CT molecular complexity index is 599. The monoisotopic (exact) mass is 335 g/mol. The smallest absolute Gasteiger partial charge is 0.326 e. The molecule has 0 aromatic heterocycles. The number of carbonyl (C=O) groups excluding carboxylic acids is 2. The van der Waals surface area contributed by atoms with Crippen molar-refractivity contribution in [2.24, 2.45) is 5.92 Å². The molecule has 0 saturated carbocycles. The van der Waals surface area contributed by atoms with E-state index in [1.807, 2.05) is 27.7 Å². The molecule has 0 heterocycles. The number of carboxylic acids is 1. The molecule has 0 bridgehead atoms. The molecule has 7 heteroatoms. The highest BCUT2D eigenvalue weighted by molar-refractivity contribution is 5.98. The van der Waals surface area contributed by atoms with Crippen LogP contribution in [0.3, 0.4) is 0 Å². The second kappa shape index (κ2) is 8.90. The Balaban J connectivity index is 2.79. The molecule has 1 rings (SSSR count). The molecule has 7 nitrogen and oxygen atoms in total. The molecule has 0 aliphatic rings. The van der Waals surface area contributed by atoms with E-state index in [9.17, 15) is 19.5 Å². The minimum atomic E-state index is -1.07. The molecule has 1 aromatic carbocycles. The fraction of sp³-hybridized carbons (Fsp3) is 0.471. The van der Waals surface area contributed by atoms with Crippen LogP contribution in [0.15, 0.2) is 24.3 Å². The van der Waals surface area contributed by atoms with Crippen LogP contribution in [0.4, 0.5) is 10.5 Å². The molecule has 0 fully saturated rings. The minimum absolute atomic E-state index is 0.0103. The first-order chi connectivity index (χ1) is 11.2. The van der Waals surface area contributed by atoms with E-state index >= 15 is 0 Å². The number of anilines is 1. The Morgan fingerprint density at radius 2 is 1.75 bits per heavy atom. The predicted octanol–water partition coefficient (Wildman–Crippen LogP) is 2.45. The molecule has 1 atom stereocenters. The van der Waals surface area contributed by atoms with E-state index in [1.165, 1.54) is 6.07 Å². The van der Waals surface area contributed by atoms with Crippen LogP contribution in [0.2, 0.25) is 0 Å². The summed E-state index contributed by atoms with van der Waals surface area (Å²) in [5, 5.41) is 17.0. The van der Waals surface area contributed by atoms with Crippen LogP contribution >= 0.6 is 0 Å². The van der Waals surface area contributed by atoms with Gasteiger partial charge in [-0.3, -0.25) is 4.79 Å². The van der Waals surface area contributed by atoms with Crippen molar-refractivity contribution in [1.29, 1.82) is 0 Å². The van der Waals surface area contributed by atoms with Gasteiger partial charge in [0.05, 0.1) is 0 Å². The lowest BCUT2D eigenvalue weighted by molar-refractivity contribution is -0.139. The van der Waals surface area contributed by atoms with Gasteiger partial charge in [-0.25, -0.2) is 9.59 Å². The van der Waals surface area contributed by atoms with E-state index in [-0.39, 0.29) is 23.6 Å². The summed E-state index contributed by atoms with van der Waals surface area (Å²) in [6.45, 7) is 7.45. The van der Waals surface area contributed by atoms with Gasteiger partial charge in [0.2, 0.25) is 0 Å². The van der Waals surface area contributed by atoms with Gasteiger partial charge < -0.3 is 21.1 Å². The normalized spacial score (nSPS) is 11.9. The number of urea groups is 1. The number of carbonyl (C=O) groups is 3. The highest BCUT2D eigenvalue weighted by atomic mass is 16.4. The van der Waals surface area contributed by atoms with Gasteiger partial charge in [0.15, 0.2) is 0 Å². The third-order valence-electron chi connectivity index (χ3n) is 3.11. The van der Waals surface area contributed by atoms with Gasteiger partial charge in [-0.1, -0.05) is 19.9 Å². The number of aliphatic carboxylic acids is 1. The Kier molecular flexibility index (Phi) is 7.23. The van der Waals surface area contributed by atoms with E-state index < -0.39 is 17.9 Å². The maximum absolute atomic E-state index is 12.3. The van der Waals surface area contributed by atoms with E-state index in [2.05, 4.69) is 16.0 Å². The topological polar surface area (TPSA) is 108 Å². The molecule has 3 amide bonds. The number of nitrogens with one attached hydrogen (secondary N) is 3. The van der Waals surface area contributed by atoms with E-state index in [0.29, 0.717) is 12.1 Å². The van der Waals surface area contributed by atoms with E-state index in [0.717, 1.165) is 0 Å². The fourth-order valence-corrected chi connectivity index (χ4v) is 2.10. The van der Waals surface area contributed by atoms with Crippen LogP contribution < -0.4 is 16.0 Å². The summed E-state index contributed by atoms with van der Waals surface area (Å²) in [4.78, 5) is 35.2. The van der Waals surface area contributed by atoms with Crippen molar-refractivity contribution < 1.29 is 19.5 Å². The summed E-state index contributed by atoms with van der Waals surface area (Å²) >= 11 is 0. The Labute approximate surface area is 141 Å². The first kappa shape index (κ1) is 19.5. The number of amides is 3. The van der Waals surface area contributed by atoms with Gasteiger partial charge in [0.25, 0.3) is 5.91 Å². The Hall–Kier alpha value is -2.57. The molecule has 1 aromatic rings. The van der Waals surface area contributed by atoms with Crippen LogP contribution in [0, 0.1) is 5.92 Å². The maximum atomic E-state index is 12.3. The average molecular weight is 335 g/mol. The van der Waals surface area contributed by atoms with Crippen molar-refractivity contribution in [1.82, 2.24) is 10.6 Å². The SMILES string of the molecule is CC(C)C[C@@H](NC(=O)c1cccc(NC(=O)NC(C)C)c1)C(=O)O. The van der Waals surface area contributed by atoms with Crippen molar-refractivity contribution >= 4 is 23.6 Å². The third kappa shape index (κ3) is 6.68. The number of rotatable bonds is 7. The van der Waals surface area contributed by atoms with Crippen LogP contribution in [0.5, 0.6) is 0 Å². The highest BCUT2D eigenvalue weighted by Crippen LogP contribution is 2.12. The third-order valence-corrected chi connectivity index (χ3v) is 3.11. The van der Waals surface area contributed by atoms with Crippen molar-refractivity contribution in [3.63, 3.8) is 0 Å². The van der Waals surface area contributed by atoms with Crippen LogP contribution in [-0.4, -0.2) is 35.1 Å². The van der Waals surface area contributed by atoms with Crippen LogP contribution in [-0.2, 0) is 4.79 Å². The number of benzene rings is 1. The predicted molar refractivity (Wildman–Crippen MR) is 92.1 cm³/mol. The van der Waals surface area contributed by atoms with Crippen LogP contribution in [0.25, 0.3) is 0 Å². The molecule has 0 radical (unpaired) electrons. The number of hydrogen-bond acceptors (Lipinski definition) is 3. The molecule has 132 valence electrons. The summed E-state index contributed by atoms with van der Waals surface area (Å²) in [5.41, 5.74) is 0.740. The first-order valence-corrected chi connectivity index (χ1v) is 7.90. The van der Waals surface area contributed by atoms with Crippen molar-refractivity contribution in [3.8, 4) is 0 Å². The van der Waals surface area contributed by atoms with Crippen molar-refractivity contribution in [2.75, 3.05) is 5.32 Å². The van der Waals surface area contributed by atoms with Gasteiger partial charge in [0, 0.05) is 17.3 Å². The molecule has 24 heavy (non-hydrogen) atoms. The summed E-state index contributed by atoms with van der Waals surface area (Å²) in [5.74, 6) is -1.42. The average Bonchev–Trinajstić information content (AvgIpc) is 2.45. The molecule has 0 unspecified atom stereocenters. The highest BCUT2D eigenvalue weighted by Gasteiger charge is 2.21. The zero-order valence-corrected chi connectivity index (χ0v) is 14.4. The van der Waals surface area contributed by atoms with Gasteiger partial charge in [-0.2, -0.15) is 0 Å². The van der Waals surface area contributed by atoms with Gasteiger partial charge in [0.1, 0.15) is 6.04 Å². The maximum Gasteiger partial charge on any atom is 0.326 e. The molecule has 4 N–H and O–H groups in total.